The highest BCUT2D eigenvalue weighted by Gasteiger charge is 2.29. The van der Waals surface area contributed by atoms with Crippen LogP contribution in [0, 0.1) is 18.7 Å². The Morgan fingerprint density at radius 1 is 1.40 bits per heavy atom. The molecule has 1 aliphatic rings. The Morgan fingerprint density at radius 3 is 2.75 bits per heavy atom. The third-order valence-electron chi connectivity index (χ3n) is 4.33. The van der Waals surface area contributed by atoms with Crippen molar-refractivity contribution in [1.29, 1.82) is 0 Å². The van der Waals surface area contributed by atoms with Crippen LogP contribution in [-0.2, 0) is 0 Å². The smallest absolute Gasteiger partial charge is 0.128 e. The molecule has 1 aromatic rings. The largest absolute Gasteiger partial charge is 0.365 e. The summed E-state index contributed by atoms with van der Waals surface area (Å²) in [4.78, 5) is 2.39. The summed E-state index contributed by atoms with van der Waals surface area (Å²) < 4.78 is 13.9. The number of nitrogens with zero attached hydrogens (tertiary/aromatic N) is 1. The van der Waals surface area contributed by atoms with Gasteiger partial charge in [0.1, 0.15) is 5.82 Å². The van der Waals surface area contributed by atoms with Crippen LogP contribution in [0.15, 0.2) is 18.2 Å². The Morgan fingerprint density at radius 2 is 2.15 bits per heavy atom. The number of aryl methyl sites for hydroxylation is 1. The summed E-state index contributed by atoms with van der Waals surface area (Å²) in [5.41, 5.74) is 1.74. The first-order valence-electron chi connectivity index (χ1n) is 7.79. The summed E-state index contributed by atoms with van der Waals surface area (Å²) in [5, 5.41) is 3.64. The molecule has 1 heterocycles. The second-order valence-corrected chi connectivity index (χ2v) is 6.29. The van der Waals surface area contributed by atoms with Crippen molar-refractivity contribution in [2.24, 2.45) is 5.92 Å². The highest BCUT2D eigenvalue weighted by atomic mass is 19.1. The van der Waals surface area contributed by atoms with E-state index < -0.39 is 0 Å². The van der Waals surface area contributed by atoms with Gasteiger partial charge in [0.15, 0.2) is 0 Å². The van der Waals surface area contributed by atoms with Gasteiger partial charge in [-0.15, -0.1) is 0 Å². The maximum Gasteiger partial charge on any atom is 0.128 e. The molecule has 0 bridgehead atoms. The van der Waals surface area contributed by atoms with E-state index in [-0.39, 0.29) is 5.82 Å². The number of halogens is 1. The topological polar surface area (TPSA) is 15.3 Å². The van der Waals surface area contributed by atoms with Crippen molar-refractivity contribution in [3.05, 3.63) is 29.6 Å². The van der Waals surface area contributed by atoms with Gasteiger partial charge in [-0.3, -0.25) is 0 Å². The zero-order valence-electron chi connectivity index (χ0n) is 13.1. The first kappa shape index (κ1) is 15.3. The fourth-order valence-electron chi connectivity index (χ4n) is 3.03. The maximum absolute atomic E-state index is 13.9. The van der Waals surface area contributed by atoms with Crippen LogP contribution in [0.3, 0.4) is 0 Å². The lowest BCUT2D eigenvalue weighted by Gasteiger charge is -2.44. The van der Waals surface area contributed by atoms with Crippen molar-refractivity contribution in [3.63, 3.8) is 0 Å². The molecule has 0 aliphatic carbocycles. The quantitative estimate of drug-likeness (QED) is 0.902. The van der Waals surface area contributed by atoms with Gasteiger partial charge in [0.25, 0.3) is 0 Å². The molecule has 0 amide bonds. The van der Waals surface area contributed by atoms with E-state index in [0.29, 0.717) is 18.0 Å². The molecular formula is C17H27FN2. The van der Waals surface area contributed by atoms with Crippen LogP contribution in [0.25, 0.3) is 0 Å². The fourth-order valence-corrected chi connectivity index (χ4v) is 3.03. The Labute approximate surface area is 122 Å². The van der Waals surface area contributed by atoms with Crippen LogP contribution in [0.4, 0.5) is 10.1 Å². The third kappa shape index (κ3) is 3.32. The lowest BCUT2D eigenvalue weighted by molar-refractivity contribution is 0.327. The summed E-state index contributed by atoms with van der Waals surface area (Å²) >= 11 is 0. The molecule has 112 valence electrons. The average molecular weight is 278 g/mol. The Bertz CT molecular complexity index is 445. The maximum atomic E-state index is 13.9. The van der Waals surface area contributed by atoms with E-state index in [2.05, 4.69) is 37.1 Å². The van der Waals surface area contributed by atoms with Gasteiger partial charge in [-0.25, -0.2) is 4.39 Å². The molecule has 2 atom stereocenters. The van der Waals surface area contributed by atoms with E-state index in [0.717, 1.165) is 24.3 Å². The first-order chi connectivity index (χ1) is 9.52. The van der Waals surface area contributed by atoms with Crippen molar-refractivity contribution in [2.45, 2.75) is 52.6 Å². The molecule has 1 N–H and O–H groups in total. The van der Waals surface area contributed by atoms with E-state index in [9.17, 15) is 4.39 Å². The van der Waals surface area contributed by atoms with Gasteiger partial charge in [0.2, 0.25) is 0 Å². The van der Waals surface area contributed by atoms with Gasteiger partial charge < -0.3 is 10.2 Å². The predicted octanol–water partition coefficient (Wildman–Crippen LogP) is 3.74. The molecule has 1 fully saturated rings. The minimum Gasteiger partial charge on any atom is -0.365 e. The van der Waals surface area contributed by atoms with E-state index in [4.69, 9.17) is 0 Å². The molecule has 0 radical (unpaired) electrons. The Kier molecular flexibility index (Phi) is 5.03. The molecule has 0 saturated carbocycles. The van der Waals surface area contributed by atoms with Gasteiger partial charge in [-0.1, -0.05) is 33.3 Å². The lowest BCUT2D eigenvalue weighted by Crippen LogP contribution is -2.58. The summed E-state index contributed by atoms with van der Waals surface area (Å²) in [7, 11) is 0. The van der Waals surface area contributed by atoms with Crippen molar-refractivity contribution in [3.8, 4) is 0 Å². The molecule has 1 aromatic carbocycles. The van der Waals surface area contributed by atoms with Crippen LogP contribution in [0.2, 0.25) is 0 Å². The van der Waals surface area contributed by atoms with Gasteiger partial charge in [0, 0.05) is 30.9 Å². The molecule has 2 unspecified atom stereocenters. The second kappa shape index (κ2) is 6.57. The fraction of sp³-hybridized carbons (Fsp3) is 0.647. The number of nitrogens with one attached hydrogen (secondary N) is 1. The number of hydrogen-bond donors (Lipinski definition) is 1. The number of piperazine rings is 1. The first-order valence-corrected chi connectivity index (χ1v) is 7.79. The molecule has 0 spiro atoms. The highest BCUT2D eigenvalue weighted by molar-refractivity contribution is 5.50. The van der Waals surface area contributed by atoms with E-state index in [1.807, 2.05) is 13.0 Å². The van der Waals surface area contributed by atoms with Gasteiger partial charge in [-0.05, 0) is 37.0 Å². The zero-order valence-corrected chi connectivity index (χ0v) is 13.1. The molecule has 1 aliphatic heterocycles. The van der Waals surface area contributed by atoms with Gasteiger partial charge in [-0.2, -0.15) is 0 Å². The molecule has 3 heteroatoms. The number of hydrogen-bond acceptors (Lipinski definition) is 2. The second-order valence-electron chi connectivity index (χ2n) is 6.29. The molecule has 1 saturated heterocycles. The Hall–Kier alpha value is -1.09. The van der Waals surface area contributed by atoms with Gasteiger partial charge in [0.05, 0.1) is 0 Å². The Balaban J connectivity index is 2.24. The summed E-state index contributed by atoms with van der Waals surface area (Å²) in [6.45, 7) is 10.5. The minimum absolute atomic E-state index is 0.101. The predicted molar refractivity (Wildman–Crippen MR) is 83.8 cm³/mol. The number of benzene rings is 1. The van der Waals surface area contributed by atoms with Crippen LogP contribution in [0.5, 0.6) is 0 Å². The zero-order chi connectivity index (χ0) is 14.7. The van der Waals surface area contributed by atoms with E-state index in [1.165, 1.54) is 12.8 Å². The van der Waals surface area contributed by atoms with Crippen molar-refractivity contribution >= 4 is 5.69 Å². The SMILES string of the molecule is CCCC1CN(c2ccc(C)c(F)c2)C(C(C)C)CN1. The normalized spacial score (nSPS) is 23.4. The molecular weight excluding hydrogens is 251 g/mol. The summed E-state index contributed by atoms with van der Waals surface area (Å²) in [5.74, 6) is 0.449. The van der Waals surface area contributed by atoms with Crippen LogP contribution < -0.4 is 10.2 Å². The number of rotatable bonds is 4. The molecule has 20 heavy (non-hydrogen) atoms. The van der Waals surface area contributed by atoms with Crippen LogP contribution in [0.1, 0.15) is 39.2 Å². The monoisotopic (exact) mass is 278 g/mol. The number of anilines is 1. The molecule has 2 rings (SSSR count). The van der Waals surface area contributed by atoms with Crippen molar-refractivity contribution in [2.75, 3.05) is 18.0 Å². The van der Waals surface area contributed by atoms with Crippen LogP contribution >= 0.6 is 0 Å². The average Bonchev–Trinajstić information content (AvgIpc) is 2.42. The molecule has 2 nitrogen and oxygen atoms in total. The molecule has 0 aromatic heterocycles. The van der Waals surface area contributed by atoms with Crippen LogP contribution in [-0.4, -0.2) is 25.2 Å². The lowest BCUT2D eigenvalue weighted by atomic mass is 9.96. The van der Waals surface area contributed by atoms with E-state index >= 15 is 0 Å². The summed E-state index contributed by atoms with van der Waals surface area (Å²) in [6, 6.07) is 6.59. The van der Waals surface area contributed by atoms with Gasteiger partial charge >= 0.3 is 0 Å². The van der Waals surface area contributed by atoms with Crippen molar-refractivity contribution < 1.29 is 4.39 Å². The third-order valence-corrected chi connectivity index (χ3v) is 4.33. The van der Waals surface area contributed by atoms with E-state index in [1.54, 1.807) is 6.07 Å². The minimum atomic E-state index is -0.101. The summed E-state index contributed by atoms with van der Waals surface area (Å²) in [6.07, 6.45) is 2.36. The highest BCUT2D eigenvalue weighted by Crippen LogP contribution is 2.26. The van der Waals surface area contributed by atoms with Crippen molar-refractivity contribution in [1.82, 2.24) is 5.32 Å². The standard InChI is InChI=1S/C17H27FN2/c1-5-6-14-11-20(17(10-19-14)12(2)3)15-8-7-13(4)16(18)9-15/h7-9,12,14,17,19H,5-6,10-11H2,1-4H3.